The Morgan fingerprint density at radius 3 is 2.24 bits per heavy atom. The number of carbonyl (C=O) groups is 4. The van der Waals surface area contributed by atoms with Gasteiger partial charge in [0, 0.05) is 32.5 Å². The molecule has 15 heteroatoms. The zero-order valence-electron chi connectivity index (χ0n) is 34.0. The fraction of sp³-hybridized carbons (Fsp3) is 0.600. The van der Waals surface area contributed by atoms with E-state index in [1.165, 1.54) is 0 Å². The van der Waals surface area contributed by atoms with Crippen molar-refractivity contribution in [2.45, 2.75) is 109 Å². The second-order valence-corrected chi connectivity index (χ2v) is 13.5. The Bertz CT molecular complexity index is 1380. The number of aliphatic hydroxyl groups excluding tert-OH is 1. The van der Waals surface area contributed by atoms with Crippen LogP contribution in [0.15, 0.2) is 48.3 Å². The van der Waals surface area contributed by atoms with Crippen LogP contribution in [0.25, 0.3) is 5.57 Å². The Kier molecular flexibility index (Phi) is 27.7. The highest BCUT2D eigenvalue weighted by molar-refractivity contribution is 5.93. The summed E-state index contributed by atoms with van der Waals surface area (Å²) in [7, 11) is 5.39. The Hall–Kier alpha value is -4.28. The van der Waals surface area contributed by atoms with Crippen LogP contribution in [0.5, 0.6) is 5.75 Å². The minimum Gasteiger partial charge on any atom is -0.513 e. The summed E-state index contributed by atoms with van der Waals surface area (Å²) in [6.07, 6.45) is 13.0. The molecule has 1 saturated heterocycles. The molecule has 0 aromatic heterocycles. The number of phenols is 1. The van der Waals surface area contributed by atoms with Crippen molar-refractivity contribution in [2.24, 2.45) is 22.9 Å². The number of benzene rings is 1. The number of nitrogens with one attached hydrogen (secondary N) is 4. The number of allylic oxidation sites excluding steroid dienone is 6. The standard InChI is InChI=1S/C30H43N5O5.C6H14N2O.2C2H7N/c1-19-7-6-16-35(19)30(40)26-18-23-17-22(13-14-27(23)37)21(12-11-20(2)36)8-3-4-9-24(32)28(38)33-25(10-5-15-31)29(39)34-26;1-8-6(9)4-2-3-5-7;1-3-2;1-2-3/h3,8,11-14,17,19,24-26,36-37H,4-7,9-10,15-16,18,31-32H2,1-2H3,(H,33,38)(H,34,39);2-5,7H2,1H3,(H,8,9);3H,1-2H3;2-3H2,1H3/b8-3+,20-11+,21-12+;;;/t19?,24?,25-,26?;;;/m0.../s1. The lowest BCUT2D eigenvalue weighted by Crippen LogP contribution is -2.57. The number of phenolic OH excluding ortho intramolecular Hbond substituents is 1. The van der Waals surface area contributed by atoms with Crippen LogP contribution in [-0.4, -0.2) is 110 Å². The van der Waals surface area contributed by atoms with Gasteiger partial charge in [-0.05, 0) is 134 Å². The average molecular weight is 774 g/mol. The highest BCUT2D eigenvalue weighted by Gasteiger charge is 2.34. The van der Waals surface area contributed by atoms with Gasteiger partial charge in [0.2, 0.25) is 23.6 Å². The number of hydrogen-bond donors (Lipinski definition) is 10. The highest BCUT2D eigenvalue weighted by Crippen LogP contribution is 2.27. The quantitative estimate of drug-likeness (QED) is 0.128. The first-order chi connectivity index (χ1) is 26.2. The fourth-order valence-corrected chi connectivity index (χ4v) is 5.58. The van der Waals surface area contributed by atoms with E-state index in [2.05, 4.69) is 21.3 Å². The molecule has 2 aliphatic heterocycles. The number of aromatic hydroxyl groups is 1. The van der Waals surface area contributed by atoms with Crippen molar-refractivity contribution in [3.05, 3.63) is 59.4 Å². The van der Waals surface area contributed by atoms with Gasteiger partial charge >= 0.3 is 0 Å². The Morgan fingerprint density at radius 2 is 1.67 bits per heavy atom. The monoisotopic (exact) mass is 774 g/mol. The van der Waals surface area contributed by atoms with Gasteiger partial charge in [0.05, 0.1) is 11.8 Å². The zero-order chi connectivity index (χ0) is 41.8. The molecular formula is C40H71N9O6. The molecule has 4 atom stereocenters. The molecule has 0 saturated carbocycles. The van der Waals surface area contributed by atoms with E-state index in [-0.39, 0.29) is 35.8 Å². The summed E-state index contributed by atoms with van der Waals surface area (Å²) in [5.74, 6) is -0.953. The third kappa shape index (κ3) is 20.8. The van der Waals surface area contributed by atoms with Gasteiger partial charge in [0.15, 0.2) is 0 Å². The fourth-order valence-electron chi connectivity index (χ4n) is 5.58. The number of nitrogens with two attached hydrogens (primary N) is 4. The molecule has 55 heavy (non-hydrogen) atoms. The number of unbranched alkanes of at least 4 members (excludes halogenated alkanes) is 1. The first kappa shape index (κ1) is 50.7. The van der Waals surface area contributed by atoms with Crippen molar-refractivity contribution in [1.29, 1.82) is 0 Å². The van der Waals surface area contributed by atoms with Crippen LogP contribution in [0.3, 0.4) is 0 Å². The van der Waals surface area contributed by atoms with E-state index in [1.807, 2.05) is 40.1 Å². The summed E-state index contributed by atoms with van der Waals surface area (Å²) in [6.45, 7) is 7.80. The lowest BCUT2D eigenvalue weighted by molar-refractivity contribution is -0.138. The van der Waals surface area contributed by atoms with E-state index in [4.69, 9.17) is 22.9 Å². The van der Waals surface area contributed by atoms with E-state index in [0.717, 1.165) is 43.4 Å². The van der Waals surface area contributed by atoms with E-state index in [1.54, 1.807) is 49.2 Å². The van der Waals surface area contributed by atoms with Gasteiger partial charge in [0.1, 0.15) is 17.8 Å². The number of amides is 4. The normalized spacial score (nSPS) is 21.7. The van der Waals surface area contributed by atoms with Crippen molar-refractivity contribution in [1.82, 2.24) is 26.2 Å². The third-order valence-electron chi connectivity index (χ3n) is 8.54. The van der Waals surface area contributed by atoms with Crippen LogP contribution < -0.4 is 44.2 Å². The van der Waals surface area contributed by atoms with Gasteiger partial charge in [-0.1, -0.05) is 31.2 Å². The number of nitrogens with zero attached hydrogens (tertiary/aromatic N) is 1. The molecule has 15 nitrogen and oxygen atoms in total. The topological polar surface area (TPSA) is 264 Å². The molecule has 1 aromatic rings. The van der Waals surface area contributed by atoms with Gasteiger partial charge in [-0.2, -0.15) is 0 Å². The first-order valence-electron chi connectivity index (χ1n) is 19.4. The summed E-state index contributed by atoms with van der Waals surface area (Å²) in [5.41, 5.74) is 23.9. The van der Waals surface area contributed by atoms with Crippen LogP contribution in [0.1, 0.15) is 89.7 Å². The number of carbonyl (C=O) groups excluding carboxylic acids is 4. The smallest absolute Gasteiger partial charge is 0.245 e. The molecule has 2 aliphatic rings. The van der Waals surface area contributed by atoms with Crippen LogP contribution >= 0.6 is 0 Å². The molecule has 0 radical (unpaired) electrons. The minimum absolute atomic E-state index is 0.00237. The van der Waals surface area contributed by atoms with Gasteiger partial charge < -0.3 is 59.3 Å². The summed E-state index contributed by atoms with van der Waals surface area (Å²) in [6, 6.07) is 2.43. The third-order valence-corrected chi connectivity index (χ3v) is 8.54. The number of aliphatic hydroxyl groups is 1. The SMILES string of the molecule is CCN.CNC.CNC(=O)CCCCN.C\C(O)=C/C=C1\C=C\CCC(N)C(=O)N[C@@H](CCCN)C(=O)NC(C(=O)N2CCCC2C)Cc2cc1ccc2O. The molecule has 1 fully saturated rings. The van der Waals surface area contributed by atoms with E-state index < -0.39 is 29.9 Å². The molecule has 1 aromatic carbocycles. The number of rotatable bonds is 9. The Balaban J connectivity index is 0.00000165. The summed E-state index contributed by atoms with van der Waals surface area (Å²) < 4.78 is 0. The molecule has 0 spiro atoms. The van der Waals surface area contributed by atoms with E-state index in [9.17, 15) is 29.4 Å². The molecule has 3 rings (SSSR count). The lowest BCUT2D eigenvalue weighted by atomic mass is 9.96. The van der Waals surface area contributed by atoms with Gasteiger partial charge in [-0.25, -0.2) is 0 Å². The largest absolute Gasteiger partial charge is 0.513 e. The first-order valence-corrected chi connectivity index (χ1v) is 19.4. The summed E-state index contributed by atoms with van der Waals surface area (Å²) in [4.78, 5) is 52.4. The molecule has 312 valence electrons. The van der Waals surface area contributed by atoms with Crippen LogP contribution in [-0.2, 0) is 25.6 Å². The molecular weight excluding hydrogens is 702 g/mol. The number of fused-ring (bicyclic) bond motifs is 2. The van der Waals surface area contributed by atoms with Crippen LogP contribution in [0, 0.1) is 0 Å². The number of likely N-dealkylation sites (tertiary alicyclic amines) is 1. The molecule has 2 heterocycles. The van der Waals surface area contributed by atoms with E-state index in [0.29, 0.717) is 57.3 Å². The molecule has 14 N–H and O–H groups in total. The van der Waals surface area contributed by atoms with Crippen molar-refractivity contribution in [2.75, 3.05) is 47.3 Å². The maximum atomic E-state index is 13.7. The zero-order valence-corrected chi connectivity index (χ0v) is 34.0. The maximum Gasteiger partial charge on any atom is 0.245 e. The predicted octanol–water partition coefficient (Wildman–Crippen LogP) is 1.84. The molecule has 2 bridgehead atoms. The van der Waals surface area contributed by atoms with Crippen molar-refractivity contribution < 1.29 is 29.4 Å². The average Bonchev–Trinajstić information content (AvgIpc) is 3.59. The Labute approximate surface area is 328 Å². The lowest BCUT2D eigenvalue weighted by Gasteiger charge is -2.29. The van der Waals surface area contributed by atoms with Crippen LogP contribution in [0.2, 0.25) is 0 Å². The van der Waals surface area contributed by atoms with E-state index >= 15 is 0 Å². The minimum atomic E-state index is -0.962. The molecule has 4 amide bonds. The van der Waals surface area contributed by atoms with Crippen LogP contribution in [0.4, 0.5) is 0 Å². The van der Waals surface area contributed by atoms with Crippen molar-refractivity contribution in [3.63, 3.8) is 0 Å². The van der Waals surface area contributed by atoms with Gasteiger partial charge in [0.25, 0.3) is 0 Å². The van der Waals surface area contributed by atoms with Gasteiger partial charge in [-0.3, -0.25) is 19.2 Å². The molecule has 3 unspecified atom stereocenters. The van der Waals surface area contributed by atoms with Crippen molar-refractivity contribution >= 4 is 29.2 Å². The maximum absolute atomic E-state index is 13.7. The molecule has 0 aliphatic carbocycles. The summed E-state index contributed by atoms with van der Waals surface area (Å²) >= 11 is 0. The summed E-state index contributed by atoms with van der Waals surface area (Å²) in [5, 5.41) is 31.4. The Morgan fingerprint density at radius 1 is 1.02 bits per heavy atom. The second-order valence-electron chi connectivity index (χ2n) is 13.5. The van der Waals surface area contributed by atoms with Crippen molar-refractivity contribution in [3.8, 4) is 5.75 Å². The van der Waals surface area contributed by atoms with Gasteiger partial charge in [-0.15, -0.1) is 0 Å². The second kappa shape index (κ2) is 30.0. The predicted molar refractivity (Wildman–Crippen MR) is 222 cm³/mol. The highest BCUT2D eigenvalue weighted by atomic mass is 16.3. The number of hydrogen-bond acceptors (Lipinski definition) is 11.